The number of nitrogens with one attached hydrogen (secondary N) is 2. The lowest BCUT2D eigenvalue weighted by Gasteiger charge is -2.18. The number of carbonyl (C=O) groups excluding carboxylic acids is 2. The van der Waals surface area contributed by atoms with Gasteiger partial charge >= 0.3 is 0 Å². The summed E-state index contributed by atoms with van der Waals surface area (Å²) in [5.41, 5.74) is 3.31. The van der Waals surface area contributed by atoms with Crippen LogP contribution in [0.2, 0.25) is 10.0 Å². The first-order valence-corrected chi connectivity index (χ1v) is 10.5. The van der Waals surface area contributed by atoms with Crippen LogP contribution in [-0.2, 0) is 16.0 Å². The first kappa shape index (κ1) is 22.8. The fourth-order valence-electron chi connectivity index (χ4n) is 3.14. The number of hydrogen-bond donors (Lipinski definition) is 2. The van der Waals surface area contributed by atoms with Gasteiger partial charge in [-0.25, -0.2) is 0 Å². The van der Waals surface area contributed by atoms with E-state index < -0.39 is 0 Å². The lowest BCUT2D eigenvalue weighted by Crippen LogP contribution is -2.36. The summed E-state index contributed by atoms with van der Waals surface area (Å²) in [5, 5.41) is 6.36. The maximum atomic E-state index is 12.5. The minimum absolute atomic E-state index is 0.0145. The summed E-state index contributed by atoms with van der Waals surface area (Å²) in [4.78, 5) is 26.5. The minimum Gasteiger partial charge on any atom is -0.325 e. The Bertz CT molecular complexity index is 1040. The zero-order valence-corrected chi connectivity index (χ0v) is 18.6. The van der Waals surface area contributed by atoms with E-state index in [0.717, 1.165) is 16.8 Å². The van der Waals surface area contributed by atoms with Gasteiger partial charge in [0.15, 0.2) is 0 Å². The summed E-state index contributed by atoms with van der Waals surface area (Å²) < 4.78 is 0. The molecule has 2 amide bonds. The van der Waals surface area contributed by atoms with Crippen LogP contribution in [0.5, 0.6) is 0 Å². The molecule has 3 aromatic rings. The number of nitrogens with zero attached hydrogens (tertiary/aromatic N) is 1. The molecular formula is C24H23Cl2N3O2. The number of rotatable bonds is 8. The standard InChI is InChI=1S/C24H23Cl2N3O2/c1-29(16-23(31)28-24-19(25)11-7-12-20(24)26)15-22(30)27-21-13-6-5-10-18(21)14-17-8-3-2-4-9-17/h2-13H,14-16H2,1H3,(H,27,30)(H,28,31). The normalized spacial score (nSPS) is 10.7. The van der Waals surface area contributed by atoms with Crippen molar-refractivity contribution in [3.63, 3.8) is 0 Å². The van der Waals surface area contributed by atoms with E-state index >= 15 is 0 Å². The van der Waals surface area contributed by atoms with Crippen LogP contribution >= 0.6 is 23.2 Å². The first-order chi connectivity index (χ1) is 14.9. The second kappa shape index (κ2) is 11.0. The number of amides is 2. The zero-order valence-electron chi connectivity index (χ0n) is 17.1. The van der Waals surface area contributed by atoms with Crippen molar-refractivity contribution in [3.8, 4) is 0 Å². The molecule has 31 heavy (non-hydrogen) atoms. The van der Waals surface area contributed by atoms with Crippen molar-refractivity contribution in [1.29, 1.82) is 0 Å². The quantitative estimate of drug-likeness (QED) is 0.496. The molecule has 7 heteroatoms. The van der Waals surface area contributed by atoms with Crippen molar-refractivity contribution in [3.05, 3.63) is 94.0 Å². The zero-order chi connectivity index (χ0) is 22.2. The molecule has 0 bridgehead atoms. The van der Waals surface area contributed by atoms with E-state index in [4.69, 9.17) is 23.2 Å². The Hall–Kier alpha value is -2.86. The average Bonchev–Trinajstić information content (AvgIpc) is 2.73. The summed E-state index contributed by atoms with van der Waals surface area (Å²) in [6.45, 7) is 0.0734. The van der Waals surface area contributed by atoms with Crippen LogP contribution in [0.1, 0.15) is 11.1 Å². The Morgan fingerprint density at radius 1 is 0.774 bits per heavy atom. The number of anilines is 2. The second-order valence-electron chi connectivity index (χ2n) is 7.18. The van der Waals surface area contributed by atoms with Crippen molar-refractivity contribution in [2.45, 2.75) is 6.42 Å². The van der Waals surface area contributed by atoms with Gasteiger partial charge in [-0.15, -0.1) is 0 Å². The number of carbonyl (C=O) groups is 2. The van der Waals surface area contributed by atoms with Gasteiger partial charge in [-0.3, -0.25) is 14.5 Å². The van der Waals surface area contributed by atoms with E-state index in [1.807, 2.05) is 42.5 Å². The van der Waals surface area contributed by atoms with E-state index in [-0.39, 0.29) is 24.9 Å². The van der Waals surface area contributed by atoms with Crippen LogP contribution in [0.3, 0.4) is 0 Å². The molecule has 0 aromatic heterocycles. The van der Waals surface area contributed by atoms with E-state index in [1.54, 1.807) is 30.1 Å². The summed E-state index contributed by atoms with van der Waals surface area (Å²) in [6.07, 6.45) is 0.716. The van der Waals surface area contributed by atoms with Gasteiger partial charge in [0.1, 0.15) is 0 Å². The Morgan fingerprint density at radius 3 is 2.03 bits per heavy atom. The predicted octanol–water partition coefficient (Wildman–Crippen LogP) is 5.09. The summed E-state index contributed by atoms with van der Waals surface area (Å²) in [6, 6.07) is 22.8. The summed E-state index contributed by atoms with van der Waals surface area (Å²) in [5.74, 6) is -0.513. The monoisotopic (exact) mass is 455 g/mol. The molecule has 0 saturated heterocycles. The third-order valence-corrected chi connectivity index (χ3v) is 5.21. The highest BCUT2D eigenvalue weighted by atomic mass is 35.5. The molecule has 0 radical (unpaired) electrons. The maximum absolute atomic E-state index is 12.5. The van der Waals surface area contributed by atoms with Crippen molar-refractivity contribution in [2.24, 2.45) is 0 Å². The second-order valence-corrected chi connectivity index (χ2v) is 8.00. The number of benzene rings is 3. The van der Waals surface area contributed by atoms with Crippen LogP contribution in [0.4, 0.5) is 11.4 Å². The fraction of sp³-hybridized carbons (Fsp3) is 0.167. The van der Waals surface area contributed by atoms with Gasteiger partial charge in [0.05, 0.1) is 28.8 Å². The molecule has 0 atom stereocenters. The number of halogens is 2. The topological polar surface area (TPSA) is 61.4 Å². The Kier molecular flexibility index (Phi) is 8.06. The number of likely N-dealkylation sites (N-methyl/N-ethyl adjacent to an activating group) is 1. The smallest absolute Gasteiger partial charge is 0.238 e. The molecule has 0 aliphatic heterocycles. The van der Waals surface area contributed by atoms with Crippen LogP contribution < -0.4 is 10.6 Å². The Labute approximate surface area is 192 Å². The molecule has 0 heterocycles. The molecule has 0 fully saturated rings. The number of hydrogen-bond acceptors (Lipinski definition) is 3. The van der Waals surface area contributed by atoms with Gasteiger partial charge in [-0.1, -0.05) is 77.8 Å². The molecule has 3 rings (SSSR count). The van der Waals surface area contributed by atoms with Crippen molar-refractivity contribution >= 4 is 46.4 Å². The lowest BCUT2D eigenvalue weighted by atomic mass is 10.0. The first-order valence-electron chi connectivity index (χ1n) is 9.76. The number of para-hydroxylation sites is 2. The van der Waals surface area contributed by atoms with Gasteiger partial charge in [-0.2, -0.15) is 0 Å². The largest absolute Gasteiger partial charge is 0.325 e. The van der Waals surface area contributed by atoms with Gasteiger partial charge in [0, 0.05) is 5.69 Å². The summed E-state index contributed by atoms with van der Waals surface area (Å²) in [7, 11) is 1.70. The molecule has 0 saturated carbocycles. The molecular weight excluding hydrogens is 433 g/mol. The average molecular weight is 456 g/mol. The molecule has 5 nitrogen and oxygen atoms in total. The highest BCUT2D eigenvalue weighted by Crippen LogP contribution is 2.29. The molecule has 3 aromatic carbocycles. The van der Waals surface area contributed by atoms with Crippen LogP contribution in [0, 0.1) is 0 Å². The van der Waals surface area contributed by atoms with Crippen LogP contribution in [0.15, 0.2) is 72.8 Å². The third-order valence-electron chi connectivity index (χ3n) is 4.58. The molecule has 0 aliphatic rings. The maximum Gasteiger partial charge on any atom is 0.238 e. The molecule has 0 unspecified atom stereocenters. The van der Waals surface area contributed by atoms with Crippen molar-refractivity contribution in [1.82, 2.24) is 4.90 Å². The SMILES string of the molecule is CN(CC(=O)Nc1ccccc1Cc1ccccc1)CC(=O)Nc1c(Cl)cccc1Cl. The van der Waals surface area contributed by atoms with Gasteiger partial charge < -0.3 is 10.6 Å². The van der Waals surface area contributed by atoms with E-state index in [1.165, 1.54) is 0 Å². The molecule has 160 valence electrons. The van der Waals surface area contributed by atoms with E-state index in [9.17, 15) is 9.59 Å². The van der Waals surface area contributed by atoms with E-state index in [0.29, 0.717) is 22.2 Å². The van der Waals surface area contributed by atoms with Gasteiger partial charge in [0.25, 0.3) is 0 Å². The third kappa shape index (κ3) is 6.82. The van der Waals surface area contributed by atoms with Crippen molar-refractivity contribution in [2.75, 3.05) is 30.8 Å². The lowest BCUT2D eigenvalue weighted by molar-refractivity contribution is -0.119. The van der Waals surface area contributed by atoms with Crippen LogP contribution in [0.25, 0.3) is 0 Å². The van der Waals surface area contributed by atoms with Gasteiger partial charge in [0.2, 0.25) is 11.8 Å². The van der Waals surface area contributed by atoms with E-state index in [2.05, 4.69) is 22.8 Å². The van der Waals surface area contributed by atoms with Crippen LogP contribution in [-0.4, -0.2) is 36.9 Å². The highest BCUT2D eigenvalue weighted by Gasteiger charge is 2.14. The Balaban J connectivity index is 1.55. The highest BCUT2D eigenvalue weighted by molar-refractivity contribution is 6.39. The predicted molar refractivity (Wildman–Crippen MR) is 127 cm³/mol. The molecule has 0 spiro atoms. The van der Waals surface area contributed by atoms with Crippen molar-refractivity contribution < 1.29 is 9.59 Å². The molecule has 0 aliphatic carbocycles. The van der Waals surface area contributed by atoms with Gasteiger partial charge in [-0.05, 0) is 42.8 Å². The fourth-order valence-corrected chi connectivity index (χ4v) is 3.64. The Morgan fingerprint density at radius 2 is 1.35 bits per heavy atom. The minimum atomic E-state index is -0.310. The molecule has 2 N–H and O–H groups in total. The summed E-state index contributed by atoms with van der Waals surface area (Å²) >= 11 is 12.2.